The fourth-order valence-corrected chi connectivity index (χ4v) is 11.7. The van der Waals surface area contributed by atoms with E-state index in [0.717, 1.165) is 77.0 Å². The van der Waals surface area contributed by atoms with E-state index in [1.165, 1.54) is 135 Å². The molecular formula is C70H125NO18. The number of amides is 1. The van der Waals surface area contributed by atoms with Crippen molar-refractivity contribution in [3.63, 3.8) is 0 Å². The van der Waals surface area contributed by atoms with Crippen LogP contribution in [0, 0.1) is 0 Å². The molecule has 17 atom stereocenters. The highest BCUT2D eigenvalue weighted by Crippen LogP contribution is 2.33. The summed E-state index contributed by atoms with van der Waals surface area (Å²) in [6, 6.07) is -0.888. The Morgan fingerprint density at radius 1 is 0.416 bits per heavy atom. The number of nitrogens with one attached hydrogen (secondary N) is 1. The molecule has 0 aromatic rings. The molecule has 0 radical (unpaired) electrons. The Hall–Kier alpha value is -2.51. The van der Waals surface area contributed by atoms with Gasteiger partial charge in [-0.3, -0.25) is 4.79 Å². The van der Waals surface area contributed by atoms with Gasteiger partial charge in [-0.2, -0.15) is 0 Å². The van der Waals surface area contributed by atoms with E-state index in [1.54, 1.807) is 0 Å². The van der Waals surface area contributed by atoms with Crippen molar-refractivity contribution in [2.24, 2.45) is 0 Å². The van der Waals surface area contributed by atoms with Crippen LogP contribution in [0.3, 0.4) is 0 Å². The Bertz CT molecular complexity index is 1850. The van der Waals surface area contributed by atoms with Crippen molar-refractivity contribution in [1.29, 1.82) is 0 Å². The molecule has 0 saturated carbocycles. The standard InChI is InChI=1S/C70H125NO18/c1-3-5-7-9-11-13-15-17-18-19-20-21-22-23-24-25-26-27-28-29-30-31-32-33-34-36-38-40-42-44-46-48-58(76)71-53(54(75)47-45-43-41-39-37-35-16-14-12-10-8-6-4-2)52-84-68-64(82)61(79)66(56(50-73)86-68)89-70-65(83)62(80)67(57(51-74)87-70)88-69-63(81)60(78)59(77)55(49-72)85-69/h5,7,11,13,17-18,20-21,23-24,53-57,59-70,72-75,77-83H,3-4,6,8-10,12,14-16,19,22,25-52H2,1-2H3,(H,71,76)/b7-5-,13-11-,18-17-,21-20-,24-23-. The number of rotatable bonds is 53. The SMILES string of the molecule is CC/C=C\C/C=C\C/C=C\C/C=C\C/C=C\CCCCCCCCCCCCCCCCCC(=O)NC(COC1OC(CO)C(OC2OC(CO)C(OC3OC(CO)C(O)C(O)C3O)C(O)C2O)C(O)C1O)C(O)CCCCCCCCCCCCCCC. The van der Waals surface area contributed by atoms with Crippen LogP contribution in [-0.4, -0.2) is 193 Å². The third-order valence-electron chi connectivity index (χ3n) is 17.4. The monoisotopic (exact) mass is 1270 g/mol. The highest BCUT2D eigenvalue weighted by atomic mass is 16.8. The highest BCUT2D eigenvalue weighted by molar-refractivity contribution is 5.76. The van der Waals surface area contributed by atoms with Crippen molar-refractivity contribution in [3.05, 3.63) is 60.8 Å². The lowest BCUT2D eigenvalue weighted by atomic mass is 9.96. The van der Waals surface area contributed by atoms with Crippen LogP contribution in [0.5, 0.6) is 0 Å². The number of aliphatic hydroxyl groups is 11. The Kier molecular flexibility index (Phi) is 47.0. The maximum absolute atomic E-state index is 13.4. The van der Waals surface area contributed by atoms with Gasteiger partial charge in [0.2, 0.25) is 5.91 Å². The number of unbranched alkanes of at least 4 members (excludes halogenated alkanes) is 27. The first kappa shape index (κ1) is 80.7. The van der Waals surface area contributed by atoms with Crippen molar-refractivity contribution in [3.8, 4) is 0 Å². The summed E-state index contributed by atoms with van der Waals surface area (Å²) in [5.74, 6) is -0.244. The van der Waals surface area contributed by atoms with Gasteiger partial charge in [-0.25, -0.2) is 0 Å². The maximum atomic E-state index is 13.4. The van der Waals surface area contributed by atoms with Crippen LogP contribution in [0.25, 0.3) is 0 Å². The van der Waals surface area contributed by atoms with Gasteiger partial charge in [0.1, 0.15) is 73.2 Å². The fourth-order valence-electron chi connectivity index (χ4n) is 11.7. The maximum Gasteiger partial charge on any atom is 0.220 e. The molecule has 19 nitrogen and oxygen atoms in total. The van der Waals surface area contributed by atoms with Crippen LogP contribution in [-0.2, 0) is 33.2 Å². The second kappa shape index (κ2) is 51.8. The Balaban J connectivity index is 1.37. The van der Waals surface area contributed by atoms with Gasteiger partial charge in [0.15, 0.2) is 18.9 Å². The average Bonchev–Trinajstić information content (AvgIpc) is 1.92. The zero-order valence-corrected chi connectivity index (χ0v) is 54.6. The summed E-state index contributed by atoms with van der Waals surface area (Å²) in [5.41, 5.74) is 0. The molecule has 0 aromatic heterocycles. The number of carbonyl (C=O) groups excluding carboxylic acids is 1. The minimum atomic E-state index is -1.97. The Morgan fingerprint density at radius 2 is 0.775 bits per heavy atom. The Labute approximate surface area is 535 Å². The van der Waals surface area contributed by atoms with E-state index in [-0.39, 0.29) is 18.9 Å². The molecule has 0 bridgehead atoms. The van der Waals surface area contributed by atoms with Crippen LogP contribution in [0.4, 0.5) is 0 Å². The summed E-state index contributed by atoms with van der Waals surface area (Å²) < 4.78 is 34.4. The van der Waals surface area contributed by atoms with Crippen molar-refractivity contribution in [2.45, 2.75) is 349 Å². The lowest BCUT2D eigenvalue weighted by molar-refractivity contribution is -0.379. The van der Waals surface area contributed by atoms with E-state index in [4.69, 9.17) is 28.4 Å². The molecule has 0 aromatic carbocycles. The van der Waals surface area contributed by atoms with Crippen LogP contribution >= 0.6 is 0 Å². The van der Waals surface area contributed by atoms with Crippen molar-refractivity contribution in [1.82, 2.24) is 5.32 Å². The predicted octanol–water partition coefficient (Wildman–Crippen LogP) is 9.16. The van der Waals surface area contributed by atoms with Crippen LogP contribution in [0.15, 0.2) is 60.8 Å². The topological polar surface area (TPSA) is 307 Å². The second-order valence-corrected chi connectivity index (χ2v) is 25.0. The smallest absolute Gasteiger partial charge is 0.220 e. The predicted molar refractivity (Wildman–Crippen MR) is 346 cm³/mol. The molecule has 0 aliphatic carbocycles. The first-order chi connectivity index (χ1) is 43.3. The first-order valence-corrected chi connectivity index (χ1v) is 35.0. The number of carbonyl (C=O) groups is 1. The van der Waals surface area contributed by atoms with Crippen molar-refractivity contribution >= 4 is 5.91 Å². The van der Waals surface area contributed by atoms with E-state index in [1.807, 2.05) is 0 Å². The number of allylic oxidation sites excluding steroid dienone is 10. The molecule has 518 valence electrons. The summed E-state index contributed by atoms with van der Waals surface area (Å²) in [6.07, 6.45) is 35.9. The van der Waals surface area contributed by atoms with Gasteiger partial charge in [0.05, 0.1) is 38.6 Å². The molecule has 17 unspecified atom stereocenters. The zero-order chi connectivity index (χ0) is 64.7. The summed E-state index contributed by atoms with van der Waals surface area (Å²) in [6.45, 7) is 1.68. The molecule has 3 rings (SSSR count). The minimum Gasteiger partial charge on any atom is -0.394 e. The first-order valence-electron chi connectivity index (χ1n) is 35.0. The Morgan fingerprint density at radius 3 is 1.21 bits per heavy atom. The molecular weight excluding hydrogens is 1140 g/mol. The van der Waals surface area contributed by atoms with E-state index in [2.05, 4.69) is 79.9 Å². The van der Waals surface area contributed by atoms with E-state index < -0.39 is 124 Å². The second-order valence-electron chi connectivity index (χ2n) is 25.0. The number of hydrogen-bond acceptors (Lipinski definition) is 18. The van der Waals surface area contributed by atoms with Gasteiger partial charge in [0.25, 0.3) is 0 Å². The minimum absolute atomic E-state index is 0.244. The van der Waals surface area contributed by atoms with E-state index in [9.17, 15) is 61.0 Å². The molecule has 3 aliphatic rings. The molecule has 0 spiro atoms. The molecule has 3 fully saturated rings. The van der Waals surface area contributed by atoms with E-state index in [0.29, 0.717) is 12.8 Å². The van der Waals surface area contributed by atoms with Gasteiger partial charge >= 0.3 is 0 Å². The average molecular weight is 1270 g/mol. The molecule has 3 saturated heterocycles. The normalized spacial score (nSPS) is 28.6. The molecule has 19 heteroatoms. The fraction of sp³-hybridized carbons (Fsp3) is 0.843. The van der Waals surface area contributed by atoms with Gasteiger partial charge in [-0.15, -0.1) is 0 Å². The zero-order valence-electron chi connectivity index (χ0n) is 54.6. The highest BCUT2D eigenvalue weighted by Gasteiger charge is 2.53. The van der Waals surface area contributed by atoms with Crippen LogP contribution in [0.2, 0.25) is 0 Å². The number of ether oxygens (including phenoxy) is 6. The summed E-state index contributed by atoms with van der Waals surface area (Å²) in [4.78, 5) is 13.4. The molecule has 3 aliphatic heterocycles. The van der Waals surface area contributed by atoms with Gasteiger partial charge in [-0.05, 0) is 57.8 Å². The third kappa shape index (κ3) is 33.9. The van der Waals surface area contributed by atoms with Gasteiger partial charge < -0.3 is 89.9 Å². The summed E-state index contributed by atoms with van der Waals surface area (Å²) >= 11 is 0. The van der Waals surface area contributed by atoms with Crippen LogP contribution < -0.4 is 5.32 Å². The van der Waals surface area contributed by atoms with Gasteiger partial charge in [0, 0.05) is 6.42 Å². The number of hydrogen-bond donors (Lipinski definition) is 12. The molecule has 3 heterocycles. The lowest BCUT2D eigenvalue weighted by Gasteiger charge is -2.48. The lowest BCUT2D eigenvalue weighted by Crippen LogP contribution is -2.66. The summed E-state index contributed by atoms with van der Waals surface area (Å²) in [5, 5.41) is 121. The molecule has 1 amide bonds. The molecule has 89 heavy (non-hydrogen) atoms. The van der Waals surface area contributed by atoms with Crippen molar-refractivity contribution < 1.29 is 89.4 Å². The quantitative estimate of drug-likeness (QED) is 0.0199. The summed E-state index contributed by atoms with van der Waals surface area (Å²) in [7, 11) is 0. The van der Waals surface area contributed by atoms with Gasteiger partial charge in [-0.1, -0.05) is 242 Å². The van der Waals surface area contributed by atoms with E-state index >= 15 is 0 Å². The van der Waals surface area contributed by atoms with Crippen LogP contribution in [0.1, 0.15) is 245 Å². The van der Waals surface area contributed by atoms with Crippen molar-refractivity contribution in [2.75, 3.05) is 26.4 Å². The third-order valence-corrected chi connectivity index (χ3v) is 17.4. The molecule has 12 N–H and O–H groups in total. The largest absolute Gasteiger partial charge is 0.394 e. The number of aliphatic hydroxyl groups excluding tert-OH is 11.